The Labute approximate surface area is 101 Å². The van der Waals surface area contributed by atoms with Crippen LogP contribution in [0, 0.1) is 5.41 Å². The summed E-state index contributed by atoms with van der Waals surface area (Å²) in [6.45, 7) is 14.3. The maximum atomic E-state index is 9.37. The Balaban J connectivity index is 4.42. The zero-order chi connectivity index (χ0) is 13.0. The van der Waals surface area contributed by atoms with Crippen LogP contribution >= 0.6 is 0 Å². The van der Waals surface area contributed by atoms with E-state index in [-0.39, 0.29) is 17.1 Å². The van der Waals surface area contributed by atoms with Gasteiger partial charge in [-0.05, 0) is 18.1 Å². The van der Waals surface area contributed by atoms with E-state index in [4.69, 9.17) is 9.16 Å². The highest BCUT2D eigenvalue weighted by Gasteiger charge is 2.39. The van der Waals surface area contributed by atoms with E-state index in [1.807, 2.05) is 6.92 Å². The van der Waals surface area contributed by atoms with Crippen molar-refractivity contribution >= 4 is 8.32 Å². The van der Waals surface area contributed by atoms with Gasteiger partial charge in [-0.2, -0.15) is 0 Å². The van der Waals surface area contributed by atoms with Crippen LogP contribution < -0.4 is 0 Å². The molecule has 98 valence electrons. The highest BCUT2D eigenvalue weighted by Crippen LogP contribution is 2.37. The second-order valence-corrected chi connectivity index (χ2v) is 11.3. The Morgan fingerprint density at radius 1 is 1.06 bits per heavy atom. The normalized spacial score (nSPS) is 17.2. The molecule has 0 rings (SSSR count). The van der Waals surface area contributed by atoms with E-state index in [0.717, 1.165) is 0 Å². The largest absolute Gasteiger partial charge is 0.416 e. The minimum atomic E-state index is -1.73. The highest BCUT2D eigenvalue weighted by atomic mass is 28.4. The molecule has 0 saturated carbocycles. The number of hydrogen-bond donors (Lipinski definition) is 1. The molecule has 0 bridgehead atoms. The van der Waals surface area contributed by atoms with Crippen LogP contribution in [0.3, 0.4) is 0 Å². The third-order valence-corrected chi connectivity index (χ3v) is 7.94. The summed E-state index contributed by atoms with van der Waals surface area (Å²) >= 11 is 0. The highest BCUT2D eigenvalue weighted by molar-refractivity contribution is 6.74. The van der Waals surface area contributed by atoms with E-state index >= 15 is 0 Å². The van der Waals surface area contributed by atoms with Gasteiger partial charge in [0.25, 0.3) is 0 Å². The molecule has 3 nitrogen and oxygen atoms in total. The first kappa shape index (κ1) is 16.1. The lowest BCUT2D eigenvalue weighted by Gasteiger charge is -2.39. The summed E-state index contributed by atoms with van der Waals surface area (Å²) in [6.07, 6.45) is 0. The van der Waals surface area contributed by atoms with E-state index in [2.05, 4.69) is 33.9 Å². The van der Waals surface area contributed by atoms with E-state index in [0.29, 0.717) is 13.2 Å². The predicted octanol–water partition coefficient (Wildman–Crippen LogP) is 2.65. The zero-order valence-corrected chi connectivity index (χ0v) is 12.9. The van der Waals surface area contributed by atoms with Crippen molar-refractivity contribution in [2.24, 2.45) is 5.41 Å². The molecule has 1 unspecified atom stereocenters. The average Bonchev–Trinajstić information content (AvgIpc) is 2.14. The number of hydrogen-bond acceptors (Lipinski definition) is 3. The number of methoxy groups -OCH3 is 1. The first-order valence-electron chi connectivity index (χ1n) is 5.82. The summed E-state index contributed by atoms with van der Waals surface area (Å²) in [5, 5.41) is 9.58. The van der Waals surface area contributed by atoms with Gasteiger partial charge >= 0.3 is 0 Å². The quantitative estimate of drug-likeness (QED) is 0.735. The molecule has 0 heterocycles. The van der Waals surface area contributed by atoms with Gasteiger partial charge in [0.05, 0.1) is 13.2 Å². The van der Waals surface area contributed by atoms with E-state index < -0.39 is 8.32 Å². The van der Waals surface area contributed by atoms with Gasteiger partial charge in [-0.15, -0.1) is 0 Å². The molecule has 0 aliphatic carbocycles. The minimum Gasteiger partial charge on any atom is -0.416 e. The van der Waals surface area contributed by atoms with E-state index in [1.54, 1.807) is 7.11 Å². The molecule has 0 radical (unpaired) electrons. The van der Waals surface area contributed by atoms with Crippen LogP contribution in [0.4, 0.5) is 0 Å². The zero-order valence-electron chi connectivity index (χ0n) is 11.9. The summed E-state index contributed by atoms with van der Waals surface area (Å²) < 4.78 is 11.2. The minimum absolute atomic E-state index is 0.0927. The van der Waals surface area contributed by atoms with Crippen molar-refractivity contribution in [2.75, 3.05) is 26.9 Å². The predicted molar refractivity (Wildman–Crippen MR) is 70.2 cm³/mol. The van der Waals surface area contributed by atoms with Gasteiger partial charge in [0.15, 0.2) is 8.32 Å². The lowest BCUT2D eigenvalue weighted by atomic mass is 9.95. The molecule has 1 N–H and O–H groups in total. The number of rotatable bonds is 6. The van der Waals surface area contributed by atoms with Gasteiger partial charge in [0.2, 0.25) is 0 Å². The molecule has 0 aromatic carbocycles. The summed E-state index contributed by atoms with van der Waals surface area (Å²) in [6, 6.07) is 0. The molecule has 1 atom stereocenters. The molecule has 16 heavy (non-hydrogen) atoms. The molecular weight excluding hydrogens is 220 g/mol. The summed E-state index contributed by atoms with van der Waals surface area (Å²) in [5.74, 6) is 0. The molecule has 0 aromatic rings. The molecule has 0 fully saturated rings. The SMILES string of the molecule is COCC(C)(CO)CO[Si](C)(C)C(C)(C)C. The third-order valence-electron chi connectivity index (χ3n) is 3.46. The molecule has 4 heteroatoms. The Hall–Kier alpha value is 0.0969. The Morgan fingerprint density at radius 3 is 1.88 bits per heavy atom. The molecular formula is C12H28O3Si. The molecule has 0 aliphatic rings. The molecule has 0 aromatic heterocycles. The Kier molecular flexibility index (Phi) is 5.66. The van der Waals surface area contributed by atoms with Gasteiger partial charge in [0, 0.05) is 19.1 Å². The summed E-state index contributed by atoms with van der Waals surface area (Å²) in [5.41, 5.74) is -0.287. The number of aliphatic hydroxyl groups is 1. The van der Waals surface area contributed by atoms with Gasteiger partial charge in [-0.3, -0.25) is 0 Å². The fourth-order valence-corrected chi connectivity index (χ4v) is 2.19. The van der Waals surface area contributed by atoms with Crippen molar-refractivity contribution in [2.45, 2.75) is 45.8 Å². The van der Waals surface area contributed by atoms with Gasteiger partial charge in [-0.25, -0.2) is 0 Å². The summed E-state index contributed by atoms with van der Waals surface area (Å²) in [4.78, 5) is 0. The van der Waals surface area contributed by atoms with Crippen molar-refractivity contribution in [1.29, 1.82) is 0 Å². The van der Waals surface area contributed by atoms with Gasteiger partial charge in [-0.1, -0.05) is 27.7 Å². The standard InChI is InChI=1S/C12H28O3Si/c1-11(2,3)16(6,7)15-10-12(4,8-13)9-14-5/h13H,8-10H2,1-7H3. The van der Waals surface area contributed by atoms with Crippen LogP contribution in [0.15, 0.2) is 0 Å². The van der Waals surface area contributed by atoms with Crippen LogP contribution in [0.25, 0.3) is 0 Å². The number of aliphatic hydroxyl groups excluding tert-OH is 1. The van der Waals surface area contributed by atoms with Crippen LogP contribution in [0.5, 0.6) is 0 Å². The maximum absolute atomic E-state index is 9.37. The smallest absolute Gasteiger partial charge is 0.192 e. The Bertz CT molecular complexity index is 211. The monoisotopic (exact) mass is 248 g/mol. The average molecular weight is 248 g/mol. The van der Waals surface area contributed by atoms with Crippen LogP contribution in [-0.2, 0) is 9.16 Å². The molecule has 0 aliphatic heterocycles. The van der Waals surface area contributed by atoms with Crippen molar-refractivity contribution < 1.29 is 14.3 Å². The molecule has 0 amide bonds. The van der Waals surface area contributed by atoms with Crippen molar-refractivity contribution in [3.8, 4) is 0 Å². The lowest BCUT2D eigenvalue weighted by molar-refractivity contribution is 0.00521. The third kappa shape index (κ3) is 4.53. The summed E-state index contributed by atoms with van der Waals surface area (Å²) in [7, 11) is -0.0736. The van der Waals surface area contributed by atoms with Crippen molar-refractivity contribution in [3.63, 3.8) is 0 Å². The van der Waals surface area contributed by atoms with Crippen molar-refractivity contribution in [3.05, 3.63) is 0 Å². The van der Waals surface area contributed by atoms with E-state index in [1.165, 1.54) is 0 Å². The second-order valence-electron chi connectivity index (χ2n) is 6.45. The van der Waals surface area contributed by atoms with Gasteiger partial charge < -0.3 is 14.3 Å². The van der Waals surface area contributed by atoms with Crippen molar-refractivity contribution in [1.82, 2.24) is 0 Å². The maximum Gasteiger partial charge on any atom is 0.192 e. The first-order chi connectivity index (χ1) is 7.08. The first-order valence-corrected chi connectivity index (χ1v) is 8.72. The van der Waals surface area contributed by atoms with Crippen LogP contribution in [-0.4, -0.2) is 40.4 Å². The molecule has 0 spiro atoms. The van der Waals surface area contributed by atoms with E-state index in [9.17, 15) is 5.11 Å². The van der Waals surface area contributed by atoms with Gasteiger partial charge in [0.1, 0.15) is 0 Å². The lowest BCUT2D eigenvalue weighted by Crippen LogP contribution is -2.45. The second kappa shape index (κ2) is 5.62. The fraction of sp³-hybridized carbons (Fsp3) is 1.00. The van der Waals surface area contributed by atoms with Crippen LogP contribution in [0.1, 0.15) is 27.7 Å². The molecule has 0 saturated heterocycles. The number of ether oxygens (including phenoxy) is 1. The topological polar surface area (TPSA) is 38.7 Å². The van der Waals surface area contributed by atoms with Crippen LogP contribution in [0.2, 0.25) is 18.1 Å². The fourth-order valence-electron chi connectivity index (χ4n) is 1.05. The Morgan fingerprint density at radius 2 is 1.56 bits per heavy atom.